The molecule has 0 fully saturated rings. The first kappa shape index (κ1) is 17.4. The number of rotatable bonds is 7. The Balaban J connectivity index is 3.26. The lowest BCUT2D eigenvalue weighted by molar-refractivity contribution is 0.385. The highest BCUT2D eigenvalue weighted by Gasteiger charge is 2.29. The van der Waals surface area contributed by atoms with Gasteiger partial charge in [0.25, 0.3) is 0 Å². The first-order chi connectivity index (χ1) is 9.36. The third-order valence-corrected chi connectivity index (χ3v) is 6.06. The van der Waals surface area contributed by atoms with Crippen LogP contribution in [0.4, 0.5) is 0 Å². The van der Waals surface area contributed by atoms with Gasteiger partial charge in [-0.2, -0.15) is 16.1 Å². The lowest BCUT2D eigenvalue weighted by Crippen LogP contribution is -2.39. The third-order valence-electron chi connectivity index (χ3n) is 3.15. The summed E-state index contributed by atoms with van der Waals surface area (Å²) >= 11 is 6.57. The lowest BCUT2D eigenvalue weighted by Gasteiger charge is -2.26. The minimum atomic E-state index is -3.60. The van der Waals surface area contributed by atoms with Crippen LogP contribution >= 0.6 is 24.0 Å². The number of nitrogens with two attached hydrogens (primary N) is 1. The van der Waals surface area contributed by atoms with E-state index in [-0.39, 0.29) is 15.9 Å². The largest absolute Gasteiger partial charge is 0.389 e. The molecule has 0 amide bonds. The van der Waals surface area contributed by atoms with Gasteiger partial charge in [0, 0.05) is 24.4 Å². The summed E-state index contributed by atoms with van der Waals surface area (Å²) in [6.07, 6.45) is 2.72. The summed E-state index contributed by atoms with van der Waals surface area (Å²) in [6, 6.07) is 6.55. The molecule has 1 aromatic carbocycles. The Labute approximate surface area is 130 Å². The summed E-state index contributed by atoms with van der Waals surface area (Å²) < 4.78 is 26.9. The van der Waals surface area contributed by atoms with Crippen LogP contribution in [0, 0.1) is 0 Å². The van der Waals surface area contributed by atoms with Crippen LogP contribution < -0.4 is 5.73 Å². The zero-order valence-electron chi connectivity index (χ0n) is 11.9. The molecule has 1 rings (SSSR count). The van der Waals surface area contributed by atoms with Crippen molar-refractivity contribution >= 4 is 39.0 Å². The van der Waals surface area contributed by atoms with Crippen LogP contribution in [0.5, 0.6) is 0 Å². The van der Waals surface area contributed by atoms with Gasteiger partial charge in [0.05, 0.1) is 4.90 Å². The van der Waals surface area contributed by atoms with E-state index < -0.39 is 10.0 Å². The molecule has 20 heavy (non-hydrogen) atoms. The number of sulfonamides is 1. The average Bonchev–Trinajstić information content (AvgIpc) is 2.43. The van der Waals surface area contributed by atoms with Crippen LogP contribution in [0.15, 0.2) is 29.2 Å². The van der Waals surface area contributed by atoms with Crippen LogP contribution in [0.1, 0.15) is 18.9 Å². The van der Waals surface area contributed by atoms with E-state index in [2.05, 4.69) is 0 Å². The Morgan fingerprint density at radius 2 is 2.05 bits per heavy atom. The standard InChI is InChI=1S/C13H20N2O2S3/c1-4-10(9-19-3)15(2)20(16,17)12-8-6-5-7-11(12)13(14)18/h5-8,10H,4,9H2,1-3H3,(H2,14,18). The fourth-order valence-corrected chi connectivity index (χ4v) is 4.73. The van der Waals surface area contributed by atoms with E-state index in [0.717, 1.165) is 12.2 Å². The molecule has 1 aromatic rings. The van der Waals surface area contributed by atoms with Crippen LogP contribution in [-0.4, -0.2) is 42.8 Å². The summed E-state index contributed by atoms with van der Waals surface area (Å²) in [5.41, 5.74) is 6.02. The summed E-state index contributed by atoms with van der Waals surface area (Å²) in [6.45, 7) is 1.98. The second-order valence-electron chi connectivity index (χ2n) is 4.40. The van der Waals surface area contributed by atoms with Crippen molar-refractivity contribution in [1.82, 2.24) is 4.31 Å². The van der Waals surface area contributed by atoms with Crippen molar-refractivity contribution in [2.75, 3.05) is 19.1 Å². The molecule has 2 N–H and O–H groups in total. The zero-order chi connectivity index (χ0) is 15.3. The molecule has 0 aliphatic rings. The smallest absolute Gasteiger partial charge is 0.243 e. The maximum Gasteiger partial charge on any atom is 0.243 e. The molecule has 0 spiro atoms. The summed E-state index contributed by atoms with van der Waals surface area (Å²) in [5.74, 6) is 0.751. The minimum absolute atomic E-state index is 0.0468. The van der Waals surface area contributed by atoms with Gasteiger partial charge in [-0.25, -0.2) is 8.42 Å². The molecule has 112 valence electrons. The Kier molecular flexibility index (Phi) is 6.44. The van der Waals surface area contributed by atoms with Gasteiger partial charge in [0.2, 0.25) is 10.0 Å². The predicted molar refractivity (Wildman–Crippen MR) is 89.7 cm³/mol. The highest BCUT2D eigenvalue weighted by atomic mass is 32.2. The highest BCUT2D eigenvalue weighted by molar-refractivity contribution is 7.98. The van der Waals surface area contributed by atoms with Gasteiger partial charge >= 0.3 is 0 Å². The monoisotopic (exact) mass is 332 g/mol. The molecule has 0 radical (unpaired) electrons. The second kappa shape index (κ2) is 7.40. The number of nitrogens with zero attached hydrogens (tertiary/aromatic N) is 1. The highest BCUT2D eigenvalue weighted by Crippen LogP contribution is 2.23. The number of thiocarbonyl (C=S) groups is 1. The van der Waals surface area contributed by atoms with E-state index in [4.69, 9.17) is 18.0 Å². The molecule has 0 aliphatic heterocycles. The molecule has 0 saturated carbocycles. The zero-order valence-corrected chi connectivity index (χ0v) is 14.3. The second-order valence-corrected chi connectivity index (χ2v) is 7.72. The van der Waals surface area contributed by atoms with Crippen LogP contribution in [0.2, 0.25) is 0 Å². The Bertz CT molecular complexity index is 573. The number of benzene rings is 1. The first-order valence-electron chi connectivity index (χ1n) is 6.22. The van der Waals surface area contributed by atoms with Gasteiger partial charge < -0.3 is 5.73 Å². The maximum absolute atomic E-state index is 12.7. The average molecular weight is 333 g/mol. The van der Waals surface area contributed by atoms with Gasteiger partial charge in [-0.3, -0.25) is 0 Å². The van der Waals surface area contributed by atoms with Crippen molar-refractivity contribution in [3.63, 3.8) is 0 Å². The van der Waals surface area contributed by atoms with E-state index in [1.54, 1.807) is 43.1 Å². The van der Waals surface area contributed by atoms with Crippen LogP contribution in [0.3, 0.4) is 0 Å². The van der Waals surface area contributed by atoms with Gasteiger partial charge in [0.15, 0.2) is 0 Å². The molecule has 1 atom stereocenters. The topological polar surface area (TPSA) is 63.4 Å². The van der Waals surface area contributed by atoms with E-state index in [9.17, 15) is 8.42 Å². The first-order valence-corrected chi connectivity index (χ1v) is 9.46. The van der Waals surface area contributed by atoms with Crippen molar-refractivity contribution in [2.45, 2.75) is 24.3 Å². The van der Waals surface area contributed by atoms with Crippen molar-refractivity contribution in [1.29, 1.82) is 0 Å². The van der Waals surface area contributed by atoms with Crippen molar-refractivity contribution in [3.05, 3.63) is 29.8 Å². The molecular weight excluding hydrogens is 312 g/mol. The van der Waals surface area contributed by atoms with E-state index in [0.29, 0.717) is 5.56 Å². The Hall–Kier alpha value is -0.630. The van der Waals surface area contributed by atoms with Crippen molar-refractivity contribution in [3.8, 4) is 0 Å². The molecule has 7 heteroatoms. The van der Waals surface area contributed by atoms with Crippen molar-refractivity contribution < 1.29 is 8.42 Å². The lowest BCUT2D eigenvalue weighted by atomic mass is 10.2. The summed E-state index contributed by atoms with van der Waals surface area (Å²) in [7, 11) is -1.99. The van der Waals surface area contributed by atoms with Gasteiger partial charge in [-0.1, -0.05) is 37.3 Å². The summed E-state index contributed by atoms with van der Waals surface area (Å²) in [4.78, 5) is 0.269. The molecule has 1 unspecified atom stereocenters. The molecule has 0 heterocycles. The third kappa shape index (κ3) is 3.72. The molecule has 0 bridgehead atoms. The number of thioether (sulfide) groups is 1. The predicted octanol–water partition coefficient (Wildman–Crippen LogP) is 2.08. The number of hydrogen-bond donors (Lipinski definition) is 1. The fourth-order valence-electron chi connectivity index (χ4n) is 1.92. The van der Waals surface area contributed by atoms with Crippen LogP contribution in [0.25, 0.3) is 0 Å². The molecule has 0 aliphatic carbocycles. The van der Waals surface area contributed by atoms with Gasteiger partial charge in [-0.15, -0.1) is 0 Å². The molecular formula is C13H20N2O2S3. The van der Waals surface area contributed by atoms with E-state index in [1.165, 1.54) is 4.31 Å². The number of hydrogen-bond acceptors (Lipinski definition) is 4. The SMILES string of the molecule is CCC(CSC)N(C)S(=O)(=O)c1ccccc1C(N)=S. The van der Waals surface area contributed by atoms with Gasteiger partial charge in [-0.05, 0) is 18.7 Å². The normalized spacial score (nSPS) is 13.4. The maximum atomic E-state index is 12.7. The minimum Gasteiger partial charge on any atom is -0.389 e. The molecule has 0 saturated heterocycles. The summed E-state index contributed by atoms with van der Waals surface area (Å²) in [5, 5.41) is 0. The van der Waals surface area contributed by atoms with Crippen molar-refractivity contribution in [2.24, 2.45) is 5.73 Å². The van der Waals surface area contributed by atoms with E-state index >= 15 is 0 Å². The van der Waals surface area contributed by atoms with Crippen LogP contribution in [-0.2, 0) is 10.0 Å². The molecule has 4 nitrogen and oxygen atoms in total. The Morgan fingerprint density at radius 1 is 1.45 bits per heavy atom. The Morgan fingerprint density at radius 3 is 2.55 bits per heavy atom. The quantitative estimate of drug-likeness (QED) is 0.775. The fraction of sp³-hybridized carbons (Fsp3) is 0.462. The molecule has 0 aromatic heterocycles. The van der Waals surface area contributed by atoms with E-state index in [1.807, 2.05) is 13.2 Å². The van der Waals surface area contributed by atoms with Gasteiger partial charge in [0.1, 0.15) is 4.99 Å².